The van der Waals surface area contributed by atoms with Gasteiger partial charge in [-0.05, 0) is 18.8 Å². The van der Waals surface area contributed by atoms with Gasteiger partial charge in [0, 0.05) is 0 Å². The molecule has 0 saturated carbocycles. The summed E-state index contributed by atoms with van der Waals surface area (Å²) < 4.78 is 26.8. The summed E-state index contributed by atoms with van der Waals surface area (Å²) in [6.07, 6.45) is 0.552. The fraction of sp³-hybridized carbons (Fsp3) is 1.00. The van der Waals surface area contributed by atoms with E-state index in [0.717, 1.165) is 0 Å². The number of hydrogen-bond acceptors (Lipinski definition) is 3. The van der Waals surface area contributed by atoms with E-state index in [1.807, 2.05) is 6.92 Å². The topological polar surface area (TPSA) is 45.0 Å². The highest BCUT2D eigenvalue weighted by atomic mass is 19.3. The van der Waals surface area contributed by atoms with Crippen LogP contribution in [0.2, 0.25) is 0 Å². The van der Waals surface area contributed by atoms with Gasteiger partial charge in [-0.25, -0.2) is 8.78 Å². The molecule has 0 aliphatic heterocycles. The summed E-state index contributed by atoms with van der Waals surface area (Å²) in [5.74, 6) is -3.21. The zero-order chi connectivity index (χ0) is 12.1. The van der Waals surface area contributed by atoms with Crippen molar-refractivity contribution >= 4 is 0 Å². The first-order chi connectivity index (χ1) is 6.81. The minimum Gasteiger partial charge on any atom is -0.390 e. The highest BCUT2D eigenvalue weighted by Crippen LogP contribution is 2.37. The molecular formula is C10H20F2N2O. The quantitative estimate of drug-likeness (QED) is 0.690. The lowest BCUT2D eigenvalue weighted by atomic mass is 9.79. The molecule has 0 radical (unpaired) electrons. The van der Waals surface area contributed by atoms with Crippen molar-refractivity contribution in [3.8, 4) is 0 Å². The van der Waals surface area contributed by atoms with Crippen molar-refractivity contribution in [2.45, 2.75) is 46.1 Å². The zero-order valence-corrected chi connectivity index (χ0v) is 9.80. The van der Waals surface area contributed by atoms with E-state index in [9.17, 15) is 8.78 Å². The molecule has 1 unspecified atom stereocenters. The molecule has 0 spiro atoms. The third-order valence-electron chi connectivity index (χ3n) is 2.60. The van der Waals surface area contributed by atoms with E-state index >= 15 is 0 Å². The molecule has 0 fully saturated rings. The number of azo groups is 1. The van der Waals surface area contributed by atoms with Crippen LogP contribution in [-0.2, 0) is 0 Å². The highest BCUT2D eigenvalue weighted by molar-refractivity contribution is 4.92. The first-order valence-corrected chi connectivity index (χ1v) is 5.17. The standard InChI is InChI=1S/C10H20F2N2O/c1-5-9(3,4)8(14-13-6-2)10(11,12)7-15/h8,15H,5-7H2,1-4H3. The average molecular weight is 222 g/mol. The summed E-state index contributed by atoms with van der Waals surface area (Å²) >= 11 is 0. The number of rotatable bonds is 6. The van der Waals surface area contributed by atoms with E-state index in [-0.39, 0.29) is 0 Å². The van der Waals surface area contributed by atoms with Gasteiger partial charge in [-0.1, -0.05) is 20.8 Å². The fourth-order valence-corrected chi connectivity index (χ4v) is 1.26. The van der Waals surface area contributed by atoms with Gasteiger partial charge in [0.05, 0.1) is 6.54 Å². The van der Waals surface area contributed by atoms with Crippen molar-refractivity contribution in [1.29, 1.82) is 0 Å². The van der Waals surface area contributed by atoms with Crippen LogP contribution >= 0.6 is 0 Å². The Hall–Kier alpha value is -0.580. The van der Waals surface area contributed by atoms with Crippen LogP contribution in [0.15, 0.2) is 10.2 Å². The lowest BCUT2D eigenvalue weighted by Crippen LogP contribution is -2.45. The molecule has 0 amide bonds. The lowest BCUT2D eigenvalue weighted by molar-refractivity contribution is -0.0991. The molecule has 5 heteroatoms. The molecule has 15 heavy (non-hydrogen) atoms. The summed E-state index contributed by atoms with van der Waals surface area (Å²) in [7, 11) is 0. The van der Waals surface area contributed by atoms with Crippen molar-refractivity contribution in [3.05, 3.63) is 0 Å². The third-order valence-corrected chi connectivity index (χ3v) is 2.60. The molecule has 90 valence electrons. The molecule has 0 rings (SSSR count). The van der Waals surface area contributed by atoms with E-state index in [0.29, 0.717) is 13.0 Å². The Bertz CT molecular complexity index is 201. The van der Waals surface area contributed by atoms with Gasteiger partial charge in [0.2, 0.25) is 0 Å². The van der Waals surface area contributed by atoms with Crippen molar-refractivity contribution in [1.82, 2.24) is 0 Å². The van der Waals surface area contributed by atoms with Gasteiger partial charge >= 0.3 is 0 Å². The van der Waals surface area contributed by atoms with Gasteiger partial charge in [-0.2, -0.15) is 10.2 Å². The van der Waals surface area contributed by atoms with E-state index in [1.54, 1.807) is 20.8 Å². The second kappa shape index (κ2) is 5.49. The molecule has 0 saturated heterocycles. The van der Waals surface area contributed by atoms with E-state index in [2.05, 4.69) is 10.2 Å². The molecule has 1 N–H and O–H groups in total. The fourth-order valence-electron chi connectivity index (χ4n) is 1.26. The number of halogens is 2. The highest BCUT2D eigenvalue weighted by Gasteiger charge is 2.47. The van der Waals surface area contributed by atoms with Gasteiger partial charge in [-0.15, -0.1) is 0 Å². The molecule has 0 bridgehead atoms. The number of nitrogens with zero attached hydrogens (tertiary/aromatic N) is 2. The first-order valence-electron chi connectivity index (χ1n) is 5.17. The monoisotopic (exact) mass is 222 g/mol. The Balaban J connectivity index is 4.97. The van der Waals surface area contributed by atoms with Crippen molar-refractivity contribution in [2.24, 2.45) is 15.6 Å². The molecule has 1 atom stereocenters. The lowest BCUT2D eigenvalue weighted by Gasteiger charge is -2.34. The van der Waals surface area contributed by atoms with E-state index < -0.39 is 24.0 Å². The average Bonchev–Trinajstić information content (AvgIpc) is 2.18. The van der Waals surface area contributed by atoms with Gasteiger partial charge < -0.3 is 5.11 Å². The third kappa shape index (κ3) is 3.81. The number of hydrogen-bond donors (Lipinski definition) is 1. The van der Waals surface area contributed by atoms with E-state index in [4.69, 9.17) is 5.11 Å². The minimum atomic E-state index is -3.21. The van der Waals surface area contributed by atoms with Gasteiger partial charge in [0.1, 0.15) is 12.6 Å². The molecule has 0 aliphatic carbocycles. The smallest absolute Gasteiger partial charge is 0.294 e. The number of alkyl halides is 2. The van der Waals surface area contributed by atoms with Crippen molar-refractivity contribution in [2.75, 3.05) is 13.2 Å². The Labute approximate surface area is 89.6 Å². The normalized spacial score (nSPS) is 15.9. The Morgan fingerprint density at radius 3 is 2.13 bits per heavy atom. The number of aliphatic hydroxyl groups excluding tert-OH is 1. The predicted molar refractivity (Wildman–Crippen MR) is 55.3 cm³/mol. The predicted octanol–water partition coefficient (Wildman–Crippen LogP) is 2.89. The minimum absolute atomic E-state index is 0.373. The molecular weight excluding hydrogens is 202 g/mol. The summed E-state index contributed by atoms with van der Waals surface area (Å²) in [5, 5.41) is 15.9. The molecule has 0 aromatic rings. The van der Waals surface area contributed by atoms with Crippen LogP contribution in [0.25, 0.3) is 0 Å². The maximum absolute atomic E-state index is 13.4. The zero-order valence-electron chi connectivity index (χ0n) is 9.80. The van der Waals surface area contributed by atoms with Crippen LogP contribution in [0, 0.1) is 5.41 Å². The maximum atomic E-state index is 13.4. The SMILES string of the molecule is CCN=NC(C(C)(C)CC)C(F)(F)CO. The Morgan fingerprint density at radius 1 is 1.27 bits per heavy atom. The Morgan fingerprint density at radius 2 is 1.80 bits per heavy atom. The molecule has 0 heterocycles. The van der Waals surface area contributed by atoms with Crippen LogP contribution in [0.1, 0.15) is 34.1 Å². The largest absolute Gasteiger partial charge is 0.390 e. The first kappa shape index (κ1) is 14.4. The number of aliphatic hydroxyl groups is 1. The Kier molecular flexibility index (Phi) is 5.28. The second-order valence-electron chi connectivity index (χ2n) is 4.24. The van der Waals surface area contributed by atoms with Crippen molar-refractivity contribution < 1.29 is 13.9 Å². The molecule has 0 aromatic carbocycles. The van der Waals surface area contributed by atoms with Crippen LogP contribution < -0.4 is 0 Å². The summed E-state index contributed by atoms with van der Waals surface area (Å²) in [5.41, 5.74) is -0.676. The van der Waals surface area contributed by atoms with Gasteiger partial charge in [0.25, 0.3) is 5.92 Å². The summed E-state index contributed by atoms with van der Waals surface area (Å²) in [4.78, 5) is 0. The summed E-state index contributed by atoms with van der Waals surface area (Å²) in [6, 6.07) is -1.26. The van der Waals surface area contributed by atoms with Crippen LogP contribution in [-0.4, -0.2) is 30.2 Å². The van der Waals surface area contributed by atoms with Gasteiger partial charge in [0.15, 0.2) is 0 Å². The van der Waals surface area contributed by atoms with Gasteiger partial charge in [-0.3, -0.25) is 0 Å². The molecule has 3 nitrogen and oxygen atoms in total. The van der Waals surface area contributed by atoms with Crippen molar-refractivity contribution in [3.63, 3.8) is 0 Å². The van der Waals surface area contributed by atoms with Crippen LogP contribution in [0.5, 0.6) is 0 Å². The van der Waals surface area contributed by atoms with Crippen LogP contribution in [0.3, 0.4) is 0 Å². The van der Waals surface area contributed by atoms with E-state index in [1.165, 1.54) is 0 Å². The maximum Gasteiger partial charge on any atom is 0.294 e. The molecule has 0 aliphatic rings. The molecule has 0 aromatic heterocycles. The summed E-state index contributed by atoms with van der Waals surface area (Å²) in [6.45, 7) is 6.14. The second-order valence-corrected chi connectivity index (χ2v) is 4.24. The van der Waals surface area contributed by atoms with Crippen LogP contribution in [0.4, 0.5) is 8.78 Å².